The van der Waals surface area contributed by atoms with Gasteiger partial charge >= 0.3 is 0 Å². The fraction of sp³-hybridized carbons (Fsp3) is 0.467. The summed E-state index contributed by atoms with van der Waals surface area (Å²) in [5, 5.41) is 13.0. The average molecular weight is 514 g/mol. The minimum Gasteiger partial charge on any atom is -0.494 e. The van der Waals surface area contributed by atoms with Gasteiger partial charge in [-0.1, -0.05) is 18.9 Å². The fourth-order valence-corrected chi connectivity index (χ4v) is 6.35. The summed E-state index contributed by atoms with van der Waals surface area (Å²) in [6.07, 6.45) is 9.75. The summed E-state index contributed by atoms with van der Waals surface area (Å²) in [5.74, 6) is 0.938. The molecule has 1 aliphatic heterocycles. The number of piperidine rings is 1. The molecule has 1 atom stereocenters. The molecule has 1 saturated heterocycles. The number of amides is 2. The quantitative estimate of drug-likeness (QED) is 0.494. The number of methoxy groups -OCH3 is 1. The Morgan fingerprint density at radius 1 is 1.21 bits per heavy atom. The Morgan fingerprint density at radius 3 is 2.66 bits per heavy atom. The van der Waals surface area contributed by atoms with Crippen molar-refractivity contribution in [3.05, 3.63) is 53.3 Å². The number of aromatic nitrogens is 2. The Morgan fingerprint density at radius 2 is 1.97 bits per heavy atom. The van der Waals surface area contributed by atoms with Gasteiger partial charge in [0.15, 0.2) is 5.75 Å². The van der Waals surface area contributed by atoms with Gasteiger partial charge in [-0.3, -0.25) is 9.59 Å². The largest absolute Gasteiger partial charge is 0.494 e. The van der Waals surface area contributed by atoms with Crippen LogP contribution in [0.15, 0.2) is 36.7 Å². The molecule has 2 aliphatic rings. The zero-order valence-electron chi connectivity index (χ0n) is 22.6. The van der Waals surface area contributed by atoms with E-state index in [0.717, 1.165) is 61.7 Å². The molecule has 198 valence electrons. The van der Waals surface area contributed by atoms with Crippen molar-refractivity contribution in [1.29, 1.82) is 5.26 Å². The van der Waals surface area contributed by atoms with Gasteiger partial charge < -0.3 is 19.5 Å². The Labute approximate surface area is 223 Å². The number of nitriles is 1. The number of carbonyl (C=O) groups excluding carboxylic acids is 2. The van der Waals surface area contributed by atoms with E-state index in [1.165, 1.54) is 0 Å². The Hall–Kier alpha value is -3.86. The maximum Gasteiger partial charge on any atom is 0.255 e. The molecule has 2 fully saturated rings. The number of hydrogen-bond acceptors (Lipinski definition) is 5. The van der Waals surface area contributed by atoms with Gasteiger partial charge in [0.05, 0.1) is 30.3 Å². The Bertz CT molecular complexity index is 1430. The summed E-state index contributed by atoms with van der Waals surface area (Å²) in [5.41, 5.74) is 2.93. The molecule has 8 nitrogen and oxygen atoms in total. The van der Waals surface area contributed by atoms with Crippen LogP contribution in [0.2, 0.25) is 0 Å². The highest BCUT2D eigenvalue weighted by Crippen LogP contribution is 2.45. The minimum atomic E-state index is -0.334. The molecule has 1 unspecified atom stereocenters. The van der Waals surface area contributed by atoms with E-state index >= 15 is 0 Å². The number of hydrogen-bond donors (Lipinski definition) is 1. The molecule has 38 heavy (non-hydrogen) atoms. The fourth-order valence-electron chi connectivity index (χ4n) is 6.35. The Balaban J connectivity index is 1.46. The SMILES string of the molecule is COc1c(NC(=O)c2cccc(C#N)c2)cnc2c1c(C1CCN(C(=O)C3CCCC3)C(C)(C)C1)cn2C. The van der Waals surface area contributed by atoms with E-state index in [9.17, 15) is 14.9 Å². The first-order chi connectivity index (χ1) is 18.2. The third-order valence-corrected chi connectivity index (χ3v) is 8.26. The summed E-state index contributed by atoms with van der Waals surface area (Å²) in [7, 11) is 3.57. The highest BCUT2D eigenvalue weighted by atomic mass is 16.5. The van der Waals surface area contributed by atoms with Crippen molar-refractivity contribution in [2.75, 3.05) is 19.0 Å². The Kier molecular flexibility index (Phi) is 6.87. The first-order valence-corrected chi connectivity index (χ1v) is 13.4. The van der Waals surface area contributed by atoms with E-state index in [0.29, 0.717) is 28.5 Å². The molecule has 3 aromatic rings. The second-order valence-corrected chi connectivity index (χ2v) is 11.2. The van der Waals surface area contributed by atoms with Crippen molar-refractivity contribution in [2.24, 2.45) is 13.0 Å². The standard InChI is InChI=1S/C30H35N5O3/c1-30(2)15-22(12-13-35(30)29(37)20-9-5-6-10-20)23-18-34(3)27-25(23)26(38-4)24(17-32-27)33-28(36)21-11-7-8-19(14-21)16-31/h7-8,11,14,17-18,20,22H,5-6,9-10,12-13,15H2,1-4H3,(H,33,36). The molecule has 0 bridgehead atoms. The lowest BCUT2D eigenvalue weighted by Gasteiger charge is -2.46. The number of likely N-dealkylation sites (tertiary alicyclic amines) is 1. The van der Waals surface area contributed by atoms with Crippen molar-refractivity contribution in [3.63, 3.8) is 0 Å². The molecular formula is C30H35N5O3. The predicted octanol–water partition coefficient (Wildman–Crippen LogP) is 5.38. The summed E-state index contributed by atoms with van der Waals surface area (Å²) >= 11 is 0. The molecule has 3 heterocycles. The highest BCUT2D eigenvalue weighted by Gasteiger charge is 2.41. The van der Waals surface area contributed by atoms with Gasteiger partial charge in [-0.05, 0) is 69.2 Å². The molecule has 0 radical (unpaired) electrons. The van der Waals surface area contributed by atoms with E-state index < -0.39 is 0 Å². The lowest BCUT2D eigenvalue weighted by molar-refractivity contribution is -0.143. The van der Waals surface area contributed by atoms with Gasteiger partial charge in [-0.2, -0.15) is 5.26 Å². The minimum absolute atomic E-state index is 0.174. The predicted molar refractivity (Wildman–Crippen MR) is 146 cm³/mol. The number of rotatable bonds is 5. The number of anilines is 1. The van der Waals surface area contributed by atoms with Crippen LogP contribution in [0.5, 0.6) is 5.75 Å². The van der Waals surface area contributed by atoms with Gasteiger partial charge in [0.25, 0.3) is 5.91 Å². The number of nitrogens with one attached hydrogen (secondary N) is 1. The summed E-state index contributed by atoms with van der Waals surface area (Å²) in [6.45, 7) is 5.08. The van der Waals surface area contributed by atoms with Crippen LogP contribution in [-0.4, -0.2) is 45.5 Å². The molecule has 1 aromatic carbocycles. The second-order valence-electron chi connectivity index (χ2n) is 11.2. The van der Waals surface area contributed by atoms with Crippen LogP contribution in [0.4, 0.5) is 5.69 Å². The summed E-state index contributed by atoms with van der Waals surface area (Å²) in [6, 6.07) is 8.65. The molecule has 8 heteroatoms. The number of ether oxygens (including phenoxy) is 1. The van der Waals surface area contributed by atoms with Gasteiger partial charge in [0, 0.05) is 36.8 Å². The number of aryl methyl sites for hydroxylation is 1. The van der Waals surface area contributed by atoms with E-state index in [2.05, 4.69) is 41.3 Å². The first kappa shape index (κ1) is 25.8. The van der Waals surface area contributed by atoms with Crippen LogP contribution in [0.1, 0.15) is 79.8 Å². The maximum atomic E-state index is 13.3. The van der Waals surface area contributed by atoms with Gasteiger partial charge in [-0.15, -0.1) is 0 Å². The van der Waals surface area contributed by atoms with Crippen LogP contribution in [-0.2, 0) is 11.8 Å². The third kappa shape index (κ3) is 4.62. The zero-order valence-corrected chi connectivity index (χ0v) is 22.6. The summed E-state index contributed by atoms with van der Waals surface area (Å²) in [4.78, 5) is 33.1. The zero-order chi connectivity index (χ0) is 27.0. The molecule has 2 aromatic heterocycles. The van der Waals surface area contributed by atoms with Crippen LogP contribution >= 0.6 is 0 Å². The number of benzene rings is 1. The van der Waals surface area contributed by atoms with E-state index in [-0.39, 0.29) is 23.3 Å². The van der Waals surface area contributed by atoms with Crippen molar-refractivity contribution >= 4 is 28.5 Å². The normalized spacial score (nSPS) is 19.3. The van der Waals surface area contributed by atoms with Crippen molar-refractivity contribution < 1.29 is 14.3 Å². The number of fused-ring (bicyclic) bond motifs is 1. The molecule has 1 N–H and O–H groups in total. The maximum absolute atomic E-state index is 13.3. The molecule has 1 saturated carbocycles. The lowest BCUT2D eigenvalue weighted by Crippen LogP contribution is -2.53. The molecular weight excluding hydrogens is 478 g/mol. The third-order valence-electron chi connectivity index (χ3n) is 8.26. The smallest absolute Gasteiger partial charge is 0.255 e. The first-order valence-electron chi connectivity index (χ1n) is 13.4. The number of nitrogens with zero attached hydrogens (tertiary/aromatic N) is 4. The second kappa shape index (κ2) is 10.1. The summed E-state index contributed by atoms with van der Waals surface area (Å²) < 4.78 is 7.88. The van der Waals surface area contributed by atoms with Crippen molar-refractivity contribution in [1.82, 2.24) is 14.5 Å². The van der Waals surface area contributed by atoms with Crippen LogP contribution in [0.3, 0.4) is 0 Å². The van der Waals surface area contributed by atoms with Crippen LogP contribution in [0.25, 0.3) is 11.0 Å². The highest BCUT2D eigenvalue weighted by molar-refractivity contribution is 6.07. The van der Waals surface area contributed by atoms with Gasteiger partial charge in [-0.25, -0.2) is 4.98 Å². The van der Waals surface area contributed by atoms with Crippen molar-refractivity contribution in [3.8, 4) is 11.8 Å². The van der Waals surface area contributed by atoms with Crippen LogP contribution < -0.4 is 10.1 Å². The number of pyridine rings is 1. The monoisotopic (exact) mass is 513 g/mol. The average Bonchev–Trinajstić information content (AvgIpc) is 3.56. The van der Waals surface area contributed by atoms with Crippen LogP contribution in [0, 0.1) is 17.2 Å². The lowest BCUT2D eigenvalue weighted by atomic mass is 9.78. The van der Waals surface area contributed by atoms with Crippen molar-refractivity contribution in [2.45, 2.75) is 63.8 Å². The molecule has 1 aliphatic carbocycles. The molecule has 2 amide bonds. The van der Waals surface area contributed by atoms with E-state index in [1.54, 1.807) is 37.6 Å². The van der Waals surface area contributed by atoms with E-state index in [4.69, 9.17) is 4.74 Å². The number of carbonyl (C=O) groups is 2. The van der Waals surface area contributed by atoms with Gasteiger partial charge in [0.2, 0.25) is 5.91 Å². The molecule has 5 rings (SSSR count). The van der Waals surface area contributed by atoms with E-state index in [1.807, 2.05) is 11.6 Å². The van der Waals surface area contributed by atoms with Gasteiger partial charge in [0.1, 0.15) is 11.3 Å². The molecule has 0 spiro atoms. The topological polar surface area (TPSA) is 100 Å².